The fourth-order valence-corrected chi connectivity index (χ4v) is 1.38. The Kier molecular flexibility index (Phi) is 8.55. The molecule has 0 radical (unpaired) electrons. The van der Waals surface area contributed by atoms with Crippen LogP contribution in [-0.2, 0) is 0 Å². The highest BCUT2D eigenvalue weighted by Crippen LogP contribution is 2.18. The lowest BCUT2D eigenvalue weighted by Gasteiger charge is -2.01. The number of nitrogens with zero attached hydrogens (tertiary/aromatic N) is 1. The predicted octanol–water partition coefficient (Wildman–Crippen LogP) is 5.42. The third kappa shape index (κ3) is 5.13. The van der Waals surface area contributed by atoms with Gasteiger partial charge in [-0.3, -0.25) is 4.98 Å². The van der Waals surface area contributed by atoms with Crippen LogP contribution in [0.3, 0.4) is 0 Å². The number of hydrogen-bond donors (Lipinski definition) is 0. The SMILES string of the molecule is CC.CC.Cc1ccc(-c2ccc(C)nc2)cc1. The lowest BCUT2D eigenvalue weighted by Crippen LogP contribution is -1.82. The molecule has 1 aromatic carbocycles. The molecule has 1 heterocycles. The highest BCUT2D eigenvalue weighted by atomic mass is 14.7. The molecule has 2 rings (SSSR count). The van der Waals surface area contributed by atoms with Crippen molar-refractivity contribution < 1.29 is 0 Å². The van der Waals surface area contributed by atoms with E-state index in [1.54, 1.807) is 0 Å². The molecular formula is C17H25N. The Bertz CT molecular complexity index is 369. The summed E-state index contributed by atoms with van der Waals surface area (Å²) in [5, 5.41) is 0. The summed E-state index contributed by atoms with van der Waals surface area (Å²) >= 11 is 0. The average molecular weight is 243 g/mol. The molecule has 0 spiro atoms. The van der Waals surface area contributed by atoms with Gasteiger partial charge in [-0.05, 0) is 25.5 Å². The molecule has 0 aliphatic carbocycles. The summed E-state index contributed by atoms with van der Waals surface area (Å²) in [6, 6.07) is 12.6. The van der Waals surface area contributed by atoms with Crippen LogP contribution in [0.5, 0.6) is 0 Å². The first-order valence-corrected chi connectivity index (χ1v) is 6.75. The van der Waals surface area contributed by atoms with Crippen LogP contribution in [0.2, 0.25) is 0 Å². The Balaban J connectivity index is 0.000000659. The lowest BCUT2D eigenvalue weighted by atomic mass is 10.1. The van der Waals surface area contributed by atoms with E-state index in [-0.39, 0.29) is 0 Å². The van der Waals surface area contributed by atoms with Crippen LogP contribution in [0, 0.1) is 13.8 Å². The van der Waals surface area contributed by atoms with Crippen LogP contribution in [-0.4, -0.2) is 4.98 Å². The second-order valence-electron chi connectivity index (χ2n) is 3.55. The Morgan fingerprint density at radius 1 is 0.667 bits per heavy atom. The minimum absolute atomic E-state index is 1.06. The summed E-state index contributed by atoms with van der Waals surface area (Å²) in [6.07, 6.45) is 1.92. The zero-order valence-electron chi connectivity index (χ0n) is 12.5. The Labute approximate surface area is 112 Å². The van der Waals surface area contributed by atoms with Crippen molar-refractivity contribution in [1.82, 2.24) is 4.98 Å². The summed E-state index contributed by atoms with van der Waals surface area (Å²) in [6.45, 7) is 12.1. The molecular weight excluding hydrogens is 218 g/mol. The molecule has 0 saturated heterocycles. The first kappa shape index (κ1) is 16.4. The highest BCUT2D eigenvalue weighted by Gasteiger charge is 1.96. The van der Waals surface area contributed by atoms with Crippen LogP contribution in [0.25, 0.3) is 11.1 Å². The van der Waals surface area contributed by atoms with Crippen molar-refractivity contribution in [3.05, 3.63) is 53.9 Å². The standard InChI is InChI=1S/C13H13N.2C2H6/c1-10-3-6-12(7-4-10)13-8-5-11(2)14-9-13;2*1-2/h3-9H,1-2H3;2*1-2H3. The molecule has 2 aromatic rings. The van der Waals surface area contributed by atoms with Crippen LogP contribution in [0.15, 0.2) is 42.6 Å². The van der Waals surface area contributed by atoms with Crippen molar-refractivity contribution in [3.8, 4) is 11.1 Å². The Morgan fingerprint density at radius 2 is 1.17 bits per heavy atom. The zero-order chi connectivity index (χ0) is 14.0. The minimum Gasteiger partial charge on any atom is -0.261 e. The van der Waals surface area contributed by atoms with Crippen molar-refractivity contribution in [2.24, 2.45) is 0 Å². The quantitative estimate of drug-likeness (QED) is 0.652. The average Bonchev–Trinajstić information content (AvgIpc) is 2.45. The summed E-state index contributed by atoms with van der Waals surface area (Å²) in [5.41, 5.74) is 4.74. The first-order chi connectivity index (χ1) is 8.75. The van der Waals surface area contributed by atoms with Gasteiger partial charge in [0.05, 0.1) is 0 Å². The highest BCUT2D eigenvalue weighted by molar-refractivity contribution is 5.62. The van der Waals surface area contributed by atoms with Crippen molar-refractivity contribution in [3.63, 3.8) is 0 Å². The van der Waals surface area contributed by atoms with Gasteiger partial charge in [0.1, 0.15) is 0 Å². The molecule has 0 saturated carbocycles. The van der Waals surface area contributed by atoms with Gasteiger partial charge in [0.15, 0.2) is 0 Å². The van der Waals surface area contributed by atoms with E-state index in [1.807, 2.05) is 46.9 Å². The molecule has 0 amide bonds. The maximum absolute atomic E-state index is 4.28. The summed E-state index contributed by atoms with van der Waals surface area (Å²) in [7, 11) is 0. The normalized spacial score (nSPS) is 8.56. The van der Waals surface area contributed by atoms with E-state index < -0.39 is 0 Å². The maximum atomic E-state index is 4.28. The van der Waals surface area contributed by atoms with Crippen LogP contribution < -0.4 is 0 Å². The number of aromatic nitrogens is 1. The number of rotatable bonds is 1. The molecule has 0 N–H and O–H groups in total. The van der Waals surface area contributed by atoms with Gasteiger partial charge in [0.25, 0.3) is 0 Å². The number of benzene rings is 1. The van der Waals surface area contributed by atoms with Gasteiger partial charge in [-0.2, -0.15) is 0 Å². The monoisotopic (exact) mass is 243 g/mol. The predicted molar refractivity (Wildman–Crippen MR) is 81.8 cm³/mol. The maximum Gasteiger partial charge on any atom is 0.0373 e. The third-order valence-corrected chi connectivity index (χ3v) is 2.30. The number of aryl methyl sites for hydroxylation is 2. The summed E-state index contributed by atoms with van der Waals surface area (Å²) in [5.74, 6) is 0. The first-order valence-electron chi connectivity index (χ1n) is 6.75. The second-order valence-corrected chi connectivity index (χ2v) is 3.55. The zero-order valence-corrected chi connectivity index (χ0v) is 12.5. The molecule has 98 valence electrons. The third-order valence-electron chi connectivity index (χ3n) is 2.30. The van der Waals surface area contributed by atoms with Crippen LogP contribution in [0.4, 0.5) is 0 Å². The smallest absolute Gasteiger partial charge is 0.0373 e. The summed E-state index contributed by atoms with van der Waals surface area (Å²) < 4.78 is 0. The molecule has 0 aliphatic heterocycles. The van der Waals surface area contributed by atoms with Crippen molar-refractivity contribution in [2.75, 3.05) is 0 Å². The molecule has 0 bridgehead atoms. The van der Waals surface area contributed by atoms with Crippen LogP contribution >= 0.6 is 0 Å². The van der Waals surface area contributed by atoms with Crippen molar-refractivity contribution in [2.45, 2.75) is 41.5 Å². The van der Waals surface area contributed by atoms with Gasteiger partial charge in [-0.25, -0.2) is 0 Å². The Hall–Kier alpha value is -1.63. The number of hydrogen-bond acceptors (Lipinski definition) is 1. The van der Waals surface area contributed by atoms with Gasteiger partial charge in [-0.1, -0.05) is 63.6 Å². The second kappa shape index (κ2) is 9.41. The van der Waals surface area contributed by atoms with Crippen molar-refractivity contribution in [1.29, 1.82) is 0 Å². The van der Waals surface area contributed by atoms with Crippen LogP contribution in [0.1, 0.15) is 39.0 Å². The molecule has 0 fully saturated rings. The largest absolute Gasteiger partial charge is 0.261 e. The van der Waals surface area contributed by atoms with E-state index in [0.717, 1.165) is 5.69 Å². The van der Waals surface area contributed by atoms with Gasteiger partial charge in [-0.15, -0.1) is 0 Å². The van der Waals surface area contributed by atoms with E-state index in [4.69, 9.17) is 0 Å². The molecule has 0 unspecified atom stereocenters. The summed E-state index contributed by atoms with van der Waals surface area (Å²) in [4.78, 5) is 4.28. The molecule has 1 nitrogen and oxygen atoms in total. The van der Waals surface area contributed by atoms with E-state index in [0.29, 0.717) is 0 Å². The fraction of sp³-hybridized carbons (Fsp3) is 0.353. The minimum atomic E-state index is 1.06. The van der Waals surface area contributed by atoms with Gasteiger partial charge in [0, 0.05) is 17.5 Å². The topological polar surface area (TPSA) is 12.9 Å². The molecule has 1 aromatic heterocycles. The van der Waals surface area contributed by atoms with Gasteiger partial charge < -0.3 is 0 Å². The lowest BCUT2D eigenvalue weighted by molar-refractivity contribution is 1.20. The molecule has 0 atom stereocenters. The van der Waals surface area contributed by atoms with Gasteiger partial charge >= 0.3 is 0 Å². The molecule has 1 heteroatoms. The number of pyridine rings is 1. The molecule has 0 aliphatic rings. The van der Waals surface area contributed by atoms with E-state index in [2.05, 4.69) is 42.2 Å². The van der Waals surface area contributed by atoms with E-state index >= 15 is 0 Å². The fourth-order valence-electron chi connectivity index (χ4n) is 1.38. The molecule has 18 heavy (non-hydrogen) atoms. The van der Waals surface area contributed by atoms with Gasteiger partial charge in [0.2, 0.25) is 0 Å². The van der Waals surface area contributed by atoms with E-state index in [9.17, 15) is 0 Å². The van der Waals surface area contributed by atoms with E-state index in [1.165, 1.54) is 16.7 Å². The Morgan fingerprint density at radius 3 is 1.61 bits per heavy atom. The van der Waals surface area contributed by atoms with Crippen molar-refractivity contribution >= 4 is 0 Å².